The molecule has 2 heterocycles. The van der Waals surface area contributed by atoms with E-state index in [0.29, 0.717) is 6.04 Å². The summed E-state index contributed by atoms with van der Waals surface area (Å²) in [6, 6.07) is 5.07. The maximum Gasteiger partial charge on any atom is 0.0701 e. The molecule has 1 fully saturated rings. The highest BCUT2D eigenvalue weighted by atomic mass is 79.9. The topological polar surface area (TPSA) is 29.3 Å². The summed E-state index contributed by atoms with van der Waals surface area (Å²) in [5.74, 6) is 0. The first kappa shape index (κ1) is 12.6. The maximum atomic E-state index is 5.69. The lowest BCUT2D eigenvalue weighted by Crippen LogP contribution is -2.39. The van der Waals surface area contributed by atoms with Crippen molar-refractivity contribution < 1.29 is 0 Å². The van der Waals surface area contributed by atoms with Crippen LogP contribution in [0.15, 0.2) is 15.9 Å². The number of likely N-dealkylation sites (tertiary alicyclic amines) is 1. The highest BCUT2D eigenvalue weighted by Crippen LogP contribution is 2.27. The summed E-state index contributed by atoms with van der Waals surface area (Å²) in [6.07, 6.45) is 5.18. The largest absolute Gasteiger partial charge is 0.330 e. The third-order valence-electron chi connectivity index (χ3n) is 3.24. The van der Waals surface area contributed by atoms with E-state index in [4.69, 9.17) is 5.73 Å². The first-order chi connectivity index (χ1) is 7.79. The molecule has 90 valence electrons. The number of nitrogens with two attached hydrogens (primary N) is 1. The van der Waals surface area contributed by atoms with Crippen LogP contribution in [-0.4, -0.2) is 24.0 Å². The number of thiophene rings is 1. The van der Waals surface area contributed by atoms with Gasteiger partial charge in [0.25, 0.3) is 0 Å². The van der Waals surface area contributed by atoms with Crippen LogP contribution in [0, 0.1) is 0 Å². The van der Waals surface area contributed by atoms with Gasteiger partial charge in [0, 0.05) is 17.5 Å². The monoisotopic (exact) mass is 302 g/mol. The van der Waals surface area contributed by atoms with Gasteiger partial charge in [0.05, 0.1) is 3.79 Å². The molecule has 0 bridgehead atoms. The van der Waals surface area contributed by atoms with Gasteiger partial charge in [-0.25, -0.2) is 0 Å². The van der Waals surface area contributed by atoms with Crippen LogP contribution in [0.3, 0.4) is 0 Å². The number of rotatable bonds is 4. The summed E-state index contributed by atoms with van der Waals surface area (Å²) in [4.78, 5) is 4.06. The molecule has 0 aromatic carbocycles. The van der Waals surface area contributed by atoms with Gasteiger partial charge in [-0.1, -0.05) is 6.42 Å². The Hall–Kier alpha value is 0.1000. The lowest BCUT2D eigenvalue weighted by atomic mass is 9.99. The Labute approximate surface area is 110 Å². The van der Waals surface area contributed by atoms with Crippen LogP contribution >= 0.6 is 27.3 Å². The molecule has 1 aromatic heterocycles. The molecule has 1 aromatic rings. The van der Waals surface area contributed by atoms with E-state index < -0.39 is 0 Å². The zero-order chi connectivity index (χ0) is 11.4. The van der Waals surface area contributed by atoms with Crippen molar-refractivity contribution in [3.8, 4) is 0 Å². The Kier molecular flexibility index (Phi) is 4.82. The molecule has 1 saturated heterocycles. The Balaban J connectivity index is 1.95. The van der Waals surface area contributed by atoms with Gasteiger partial charge >= 0.3 is 0 Å². The van der Waals surface area contributed by atoms with Gasteiger partial charge in [0.15, 0.2) is 0 Å². The Morgan fingerprint density at radius 3 is 3.00 bits per heavy atom. The summed E-state index contributed by atoms with van der Waals surface area (Å²) in [6.45, 7) is 3.15. The smallest absolute Gasteiger partial charge is 0.0701 e. The molecule has 0 aliphatic carbocycles. The van der Waals surface area contributed by atoms with Crippen molar-refractivity contribution >= 4 is 27.3 Å². The minimum Gasteiger partial charge on any atom is -0.330 e. The molecule has 0 spiro atoms. The van der Waals surface area contributed by atoms with Crippen molar-refractivity contribution in [2.75, 3.05) is 13.1 Å². The zero-order valence-corrected chi connectivity index (χ0v) is 11.9. The van der Waals surface area contributed by atoms with E-state index >= 15 is 0 Å². The van der Waals surface area contributed by atoms with E-state index in [1.54, 1.807) is 0 Å². The Morgan fingerprint density at radius 2 is 2.31 bits per heavy atom. The van der Waals surface area contributed by atoms with Crippen LogP contribution in [0.4, 0.5) is 0 Å². The van der Waals surface area contributed by atoms with E-state index in [2.05, 4.69) is 33.0 Å². The molecule has 1 aliphatic rings. The molecular weight excluding hydrogens is 284 g/mol. The predicted molar refractivity (Wildman–Crippen MR) is 73.7 cm³/mol. The predicted octanol–water partition coefficient (Wildman–Crippen LogP) is 3.21. The van der Waals surface area contributed by atoms with Gasteiger partial charge in [-0.3, -0.25) is 4.90 Å². The van der Waals surface area contributed by atoms with Crippen LogP contribution in [0.25, 0.3) is 0 Å². The number of hydrogen-bond acceptors (Lipinski definition) is 3. The number of piperidine rings is 1. The molecule has 0 amide bonds. The third-order valence-corrected chi connectivity index (χ3v) is 4.85. The van der Waals surface area contributed by atoms with E-state index in [-0.39, 0.29) is 0 Å². The Morgan fingerprint density at radius 1 is 1.44 bits per heavy atom. The third kappa shape index (κ3) is 3.29. The molecule has 1 aliphatic heterocycles. The molecule has 16 heavy (non-hydrogen) atoms. The fourth-order valence-corrected chi connectivity index (χ4v) is 3.93. The quantitative estimate of drug-likeness (QED) is 0.925. The van der Waals surface area contributed by atoms with E-state index in [1.807, 2.05) is 11.3 Å². The molecule has 2 nitrogen and oxygen atoms in total. The molecule has 0 radical (unpaired) electrons. The molecule has 2 N–H and O–H groups in total. The fourth-order valence-electron chi connectivity index (χ4n) is 2.42. The van der Waals surface area contributed by atoms with Crippen molar-refractivity contribution in [2.24, 2.45) is 5.73 Å². The fraction of sp³-hybridized carbons (Fsp3) is 0.667. The average molecular weight is 303 g/mol. The second-order valence-electron chi connectivity index (χ2n) is 4.40. The number of nitrogens with zero attached hydrogens (tertiary/aromatic N) is 1. The SMILES string of the molecule is NCCC1CCCCN1Cc1ccc(Br)s1. The van der Waals surface area contributed by atoms with Crippen molar-refractivity contribution in [1.29, 1.82) is 0 Å². The van der Waals surface area contributed by atoms with Crippen molar-refractivity contribution in [2.45, 2.75) is 38.3 Å². The summed E-state index contributed by atoms with van der Waals surface area (Å²) in [7, 11) is 0. The second kappa shape index (κ2) is 6.15. The van der Waals surface area contributed by atoms with Gasteiger partial charge in [0.1, 0.15) is 0 Å². The van der Waals surface area contributed by atoms with Crippen LogP contribution < -0.4 is 5.73 Å². The summed E-state index contributed by atoms with van der Waals surface area (Å²) in [5, 5.41) is 0. The molecule has 0 saturated carbocycles. The van der Waals surface area contributed by atoms with E-state index in [0.717, 1.165) is 19.5 Å². The van der Waals surface area contributed by atoms with Gasteiger partial charge in [0.2, 0.25) is 0 Å². The van der Waals surface area contributed by atoms with Crippen LogP contribution in [0.2, 0.25) is 0 Å². The van der Waals surface area contributed by atoms with Gasteiger partial charge in [-0.2, -0.15) is 0 Å². The average Bonchev–Trinajstić information content (AvgIpc) is 2.67. The molecule has 4 heteroatoms. The standard InChI is InChI=1S/C12H19BrN2S/c13-12-5-4-11(16-12)9-15-8-2-1-3-10(15)6-7-14/h4-5,10H,1-3,6-9,14H2. The van der Waals surface area contributed by atoms with Gasteiger partial charge in [-0.15, -0.1) is 11.3 Å². The lowest BCUT2D eigenvalue weighted by molar-refractivity contribution is 0.135. The van der Waals surface area contributed by atoms with Crippen molar-refractivity contribution in [3.05, 3.63) is 20.8 Å². The molecule has 1 atom stereocenters. The summed E-state index contributed by atoms with van der Waals surface area (Å²) in [5.41, 5.74) is 5.69. The maximum absolute atomic E-state index is 5.69. The second-order valence-corrected chi connectivity index (χ2v) is 6.95. The highest BCUT2D eigenvalue weighted by Gasteiger charge is 2.21. The van der Waals surface area contributed by atoms with Crippen LogP contribution in [0.1, 0.15) is 30.6 Å². The van der Waals surface area contributed by atoms with Crippen LogP contribution in [-0.2, 0) is 6.54 Å². The van der Waals surface area contributed by atoms with Crippen molar-refractivity contribution in [3.63, 3.8) is 0 Å². The van der Waals surface area contributed by atoms with Gasteiger partial charge < -0.3 is 5.73 Å². The summed E-state index contributed by atoms with van der Waals surface area (Å²) >= 11 is 5.37. The minimum absolute atomic E-state index is 0.708. The molecule has 2 rings (SSSR count). The normalized spacial score (nSPS) is 22.5. The lowest BCUT2D eigenvalue weighted by Gasteiger charge is -2.35. The van der Waals surface area contributed by atoms with Gasteiger partial charge in [-0.05, 0) is 60.4 Å². The van der Waals surface area contributed by atoms with E-state index in [9.17, 15) is 0 Å². The summed E-state index contributed by atoms with van der Waals surface area (Å²) < 4.78 is 1.23. The van der Waals surface area contributed by atoms with Crippen molar-refractivity contribution in [1.82, 2.24) is 4.90 Å². The molecular formula is C12H19BrN2S. The highest BCUT2D eigenvalue weighted by molar-refractivity contribution is 9.11. The number of halogens is 1. The van der Waals surface area contributed by atoms with Crippen LogP contribution in [0.5, 0.6) is 0 Å². The first-order valence-electron chi connectivity index (χ1n) is 5.98. The minimum atomic E-state index is 0.708. The number of hydrogen-bond donors (Lipinski definition) is 1. The first-order valence-corrected chi connectivity index (χ1v) is 7.59. The zero-order valence-electron chi connectivity index (χ0n) is 9.49. The Bertz CT molecular complexity index is 325. The van der Waals surface area contributed by atoms with E-state index in [1.165, 1.54) is 34.5 Å². The molecule has 1 unspecified atom stereocenters.